The molecule has 0 radical (unpaired) electrons. The van der Waals surface area contributed by atoms with E-state index in [4.69, 9.17) is 0 Å². The fraction of sp³-hybridized carbons (Fsp3) is 0.778. The highest BCUT2D eigenvalue weighted by Gasteiger charge is 2.50. The summed E-state index contributed by atoms with van der Waals surface area (Å²) in [6.07, 6.45) is 7.05. The molecule has 0 saturated heterocycles. The largest absolute Gasteiger partial charge is 0.338 e. The van der Waals surface area contributed by atoms with Gasteiger partial charge in [-0.1, -0.05) is 0 Å². The molecule has 4 bridgehead atoms. The van der Waals surface area contributed by atoms with Crippen molar-refractivity contribution in [3.05, 3.63) is 18.0 Å². The second kappa shape index (κ2) is 6.57. The van der Waals surface area contributed by atoms with E-state index in [9.17, 15) is 13.6 Å². The highest BCUT2D eigenvalue weighted by Crippen LogP contribution is 2.59. The van der Waals surface area contributed by atoms with Crippen molar-refractivity contribution in [2.45, 2.75) is 58.0 Å². The van der Waals surface area contributed by atoms with Gasteiger partial charge in [-0.05, 0) is 67.8 Å². The van der Waals surface area contributed by atoms with Crippen LogP contribution in [0.4, 0.5) is 13.6 Å². The second-order valence-corrected chi connectivity index (χ2v) is 8.37. The van der Waals surface area contributed by atoms with Crippen LogP contribution in [-0.4, -0.2) is 28.8 Å². The highest BCUT2D eigenvalue weighted by molar-refractivity contribution is 5.73. The minimum absolute atomic E-state index is 0.195. The smallest absolute Gasteiger partial charge is 0.315 e. The Morgan fingerprint density at radius 2 is 1.84 bits per heavy atom. The van der Waals surface area contributed by atoms with Gasteiger partial charge >= 0.3 is 6.03 Å². The molecular weight excluding hydrogens is 326 g/mol. The molecule has 0 aliphatic heterocycles. The molecule has 0 aromatic carbocycles. The lowest BCUT2D eigenvalue weighted by atomic mass is 9.49. The zero-order valence-corrected chi connectivity index (χ0v) is 14.4. The molecular formula is C18H26F2N4O. The molecule has 1 heterocycles. The van der Waals surface area contributed by atoms with E-state index in [2.05, 4.69) is 15.7 Å². The Morgan fingerprint density at radius 1 is 1.20 bits per heavy atom. The summed E-state index contributed by atoms with van der Waals surface area (Å²) < 4.78 is 25.8. The molecule has 4 aliphatic rings. The molecule has 0 spiro atoms. The van der Waals surface area contributed by atoms with E-state index in [0.29, 0.717) is 11.1 Å². The quantitative estimate of drug-likeness (QED) is 0.826. The van der Waals surface area contributed by atoms with Crippen LogP contribution in [-0.2, 0) is 13.1 Å². The van der Waals surface area contributed by atoms with Crippen LogP contribution in [0.15, 0.2) is 12.3 Å². The maximum absolute atomic E-state index is 12.3. The van der Waals surface area contributed by atoms with E-state index < -0.39 is 13.0 Å². The van der Waals surface area contributed by atoms with E-state index in [-0.39, 0.29) is 12.6 Å². The van der Waals surface area contributed by atoms with Gasteiger partial charge in [-0.3, -0.25) is 4.68 Å². The summed E-state index contributed by atoms with van der Waals surface area (Å²) in [6, 6.07) is 1.46. The van der Waals surface area contributed by atoms with E-state index in [1.54, 1.807) is 6.07 Å². The topological polar surface area (TPSA) is 59.0 Å². The van der Waals surface area contributed by atoms with Crippen LogP contribution < -0.4 is 10.6 Å². The van der Waals surface area contributed by atoms with Crippen molar-refractivity contribution >= 4 is 6.03 Å². The van der Waals surface area contributed by atoms with Crippen molar-refractivity contribution in [3.8, 4) is 0 Å². The van der Waals surface area contributed by atoms with Crippen LogP contribution >= 0.6 is 0 Å². The monoisotopic (exact) mass is 352 g/mol. The second-order valence-electron chi connectivity index (χ2n) is 8.37. The Balaban J connectivity index is 1.24. The van der Waals surface area contributed by atoms with Crippen molar-refractivity contribution in [3.63, 3.8) is 0 Å². The fourth-order valence-electron chi connectivity index (χ4n) is 5.75. The van der Waals surface area contributed by atoms with Crippen LogP contribution in [0.25, 0.3) is 0 Å². The molecule has 2 amide bonds. The van der Waals surface area contributed by atoms with Crippen molar-refractivity contribution in [2.75, 3.05) is 6.54 Å². The first-order valence-electron chi connectivity index (χ1n) is 9.32. The molecule has 5 rings (SSSR count). The van der Waals surface area contributed by atoms with Crippen LogP contribution in [0.2, 0.25) is 0 Å². The molecule has 1 aromatic heterocycles. The van der Waals surface area contributed by atoms with Crippen molar-refractivity contribution in [2.24, 2.45) is 23.2 Å². The number of hydrogen-bond acceptors (Lipinski definition) is 2. The first-order valence-corrected chi connectivity index (χ1v) is 9.32. The zero-order chi connectivity index (χ0) is 17.4. The predicted octanol–water partition coefficient (Wildman–Crippen LogP) is 3.16. The maximum Gasteiger partial charge on any atom is 0.315 e. The summed E-state index contributed by atoms with van der Waals surface area (Å²) in [5.74, 6) is 2.61. The summed E-state index contributed by atoms with van der Waals surface area (Å²) in [4.78, 5) is 12.1. The van der Waals surface area contributed by atoms with E-state index in [0.717, 1.165) is 24.3 Å². The van der Waals surface area contributed by atoms with Gasteiger partial charge in [0, 0.05) is 12.7 Å². The molecule has 2 N–H and O–H groups in total. The van der Waals surface area contributed by atoms with Gasteiger partial charge in [-0.2, -0.15) is 5.10 Å². The lowest BCUT2D eigenvalue weighted by molar-refractivity contribution is -0.0498. The van der Waals surface area contributed by atoms with E-state index in [1.807, 2.05) is 0 Å². The zero-order valence-electron chi connectivity index (χ0n) is 14.4. The van der Waals surface area contributed by atoms with E-state index in [1.165, 1.54) is 49.4 Å². The van der Waals surface area contributed by atoms with E-state index >= 15 is 0 Å². The number of nitrogens with zero attached hydrogens (tertiary/aromatic N) is 2. The standard InChI is InChI=1S/C18H26F2N4O/c19-16(20)10-24-2-1-15(23-24)9-21-17(25)22-11-18-6-12-3-13(7-18)5-14(4-12)8-18/h1-2,12-14,16H,3-11H2,(H2,21,22,25). The van der Waals surface area contributed by atoms with Gasteiger partial charge < -0.3 is 10.6 Å². The molecule has 7 heteroatoms. The lowest BCUT2D eigenvalue weighted by Crippen LogP contribution is -2.52. The number of carbonyl (C=O) groups is 1. The number of carbonyl (C=O) groups excluding carboxylic acids is 1. The molecule has 5 nitrogen and oxygen atoms in total. The third-order valence-electron chi connectivity index (χ3n) is 6.24. The van der Waals surface area contributed by atoms with Gasteiger partial charge in [0.05, 0.1) is 12.2 Å². The van der Waals surface area contributed by atoms with Gasteiger partial charge in [0.2, 0.25) is 0 Å². The van der Waals surface area contributed by atoms with Gasteiger partial charge in [0.25, 0.3) is 6.43 Å². The Bertz CT molecular complexity index is 595. The number of aromatic nitrogens is 2. The van der Waals surface area contributed by atoms with Gasteiger partial charge in [-0.15, -0.1) is 0 Å². The van der Waals surface area contributed by atoms with Crippen LogP contribution in [0, 0.1) is 23.2 Å². The summed E-state index contributed by atoms with van der Waals surface area (Å²) in [6.45, 7) is 0.587. The van der Waals surface area contributed by atoms with Crippen molar-refractivity contribution in [1.29, 1.82) is 0 Å². The summed E-state index contributed by atoms with van der Waals surface area (Å²) in [5, 5.41) is 9.86. The van der Waals surface area contributed by atoms with Gasteiger partial charge in [-0.25, -0.2) is 13.6 Å². The fourth-order valence-corrected chi connectivity index (χ4v) is 5.75. The number of alkyl halides is 2. The third-order valence-corrected chi connectivity index (χ3v) is 6.24. The number of nitrogens with one attached hydrogen (secondary N) is 2. The molecule has 138 valence electrons. The maximum atomic E-state index is 12.3. The Labute approximate surface area is 146 Å². The molecule has 1 aromatic rings. The molecule has 4 saturated carbocycles. The molecule has 4 fully saturated rings. The first-order chi connectivity index (χ1) is 12.0. The Morgan fingerprint density at radius 3 is 2.44 bits per heavy atom. The number of halogens is 2. The number of hydrogen-bond donors (Lipinski definition) is 2. The van der Waals surface area contributed by atoms with Crippen molar-refractivity contribution < 1.29 is 13.6 Å². The van der Waals surface area contributed by atoms with Crippen LogP contribution in [0.1, 0.15) is 44.2 Å². The third kappa shape index (κ3) is 3.80. The van der Waals surface area contributed by atoms with Crippen LogP contribution in [0.5, 0.6) is 0 Å². The Kier molecular flexibility index (Phi) is 4.41. The lowest BCUT2D eigenvalue weighted by Gasteiger charge is -2.56. The average Bonchev–Trinajstić information content (AvgIpc) is 2.96. The summed E-state index contributed by atoms with van der Waals surface area (Å²) >= 11 is 0. The minimum Gasteiger partial charge on any atom is -0.338 e. The molecule has 4 aliphatic carbocycles. The predicted molar refractivity (Wildman–Crippen MR) is 89.1 cm³/mol. The SMILES string of the molecule is O=C(NCc1ccn(CC(F)F)n1)NCC12CC3CC(CC(C3)C1)C2. The average molecular weight is 352 g/mol. The molecule has 0 unspecified atom stereocenters. The number of rotatable bonds is 6. The highest BCUT2D eigenvalue weighted by atomic mass is 19.3. The number of amides is 2. The normalized spacial score (nSPS) is 33.0. The van der Waals surface area contributed by atoms with Gasteiger partial charge in [0.15, 0.2) is 0 Å². The minimum atomic E-state index is -2.43. The summed E-state index contributed by atoms with van der Waals surface area (Å²) in [5.41, 5.74) is 0.899. The van der Waals surface area contributed by atoms with Crippen molar-refractivity contribution in [1.82, 2.24) is 20.4 Å². The molecule has 0 atom stereocenters. The Hall–Kier alpha value is -1.66. The van der Waals surface area contributed by atoms with Gasteiger partial charge in [0.1, 0.15) is 6.54 Å². The molecule has 25 heavy (non-hydrogen) atoms. The summed E-state index contributed by atoms with van der Waals surface area (Å²) in [7, 11) is 0. The number of urea groups is 1. The first kappa shape index (κ1) is 16.8. The van der Waals surface area contributed by atoms with Crippen LogP contribution in [0.3, 0.4) is 0 Å².